The maximum atomic E-state index is 8.71. The van der Waals surface area contributed by atoms with E-state index in [-0.39, 0.29) is 10.9 Å². The second kappa shape index (κ2) is 2.59. The van der Waals surface area contributed by atoms with Crippen LogP contribution in [0.3, 0.4) is 0 Å². The Morgan fingerprint density at radius 1 is 1.20 bits per heavy atom. The lowest BCUT2D eigenvalue weighted by Gasteiger charge is -2.18. The summed E-state index contributed by atoms with van der Waals surface area (Å²) in [5.41, 5.74) is 0. The van der Waals surface area contributed by atoms with Crippen molar-refractivity contribution in [3.8, 4) is 0 Å². The van der Waals surface area contributed by atoms with Crippen LogP contribution in [0.2, 0.25) is 0 Å². The predicted molar refractivity (Wildman–Crippen MR) is 40.2 cm³/mol. The molecule has 1 aromatic carbocycles. The Labute approximate surface area is 61.9 Å². The summed E-state index contributed by atoms with van der Waals surface area (Å²) < 4.78 is 33.2. The number of hydrogen-bond donors (Lipinski definition) is 3. The molecule has 0 bridgehead atoms. The van der Waals surface area contributed by atoms with Crippen LogP contribution in [0.4, 0.5) is 0 Å². The maximum absolute atomic E-state index is 8.71. The molecule has 0 fully saturated rings. The Morgan fingerprint density at radius 2 is 1.70 bits per heavy atom. The highest BCUT2D eigenvalue weighted by atomic mass is 32.3. The summed E-state index contributed by atoms with van der Waals surface area (Å²) in [7, 11) is -3.60. The second-order valence-electron chi connectivity index (χ2n) is 1.75. The fraction of sp³-hybridized carbons (Fsp3) is 0. The molecule has 0 amide bonds. The lowest BCUT2D eigenvalue weighted by molar-refractivity contribution is 0.376. The maximum Gasteiger partial charge on any atom is 0.112 e. The zero-order chi connectivity index (χ0) is 8.48. The fourth-order valence-corrected chi connectivity index (χ4v) is 1.06. The van der Waals surface area contributed by atoms with Crippen molar-refractivity contribution in [1.82, 2.24) is 0 Å². The van der Waals surface area contributed by atoms with E-state index < -0.39 is 10.9 Å². The van der Waals surface area contributed by atoms with Gasteiger partial charge in [0.05, 0.1) is 6.27 Å². The van der Waals surface area contributed by atoms with E-state index in [4.69, 9.17) is 15.0 Å². The molecule has 4 heteroatoms. The van der Waals surface area contributed by atoms with Gasteiger partial charge in [-0.2, -0.15) is 0 Å². The van der Waals surface area contributed by atoms with Gasteiger partial charge in [-0.25, -0.2) is 0 Å². The largest absolute Gasteiger partial charge is 0.304 e. The lowest BCUT2D eigenvalue weighted by atomic mass is 10.4. The molecule has 0 aromatic heterocycles. The molecule has 0 heterocycles. The average molecular weight is 162 g/mol. The van der Waals surface area contributed by atoms with Crippen LogP contribution in [0.1, 0.15) is 1.37 Å². The van der Waals surface area contributed by atoms with Gasteiger partial charge in [0.2, 0.25) is 0 Å². The topological polar surface area (TPSA) is 60.7 Å². The summed E-state index contributed by atoms with van der Waals surface area (Å²) in [6.07, 6.45) is 0. The molecule has 0 saturated carbocycles. The van der Waals surface area contributed by atoms with E-state index in [0.717, 1.165) is 0 Å². The van der Waals surface area contributed by atoms with Crippen LogP contribution in [0, 0.1) is 0 Å². The van der Waals surface area contributed by atoms with Crippen molar-refractivity contribution in [2.24, 2.45) is 0 Å². The molecule has 0 aliphatic heterocycles. The van der Waals surface area contributed by atoms with Gasteiger partial charge >= 0.3 is 0 Å². The molecule has 0 spiro atoms. The normalized spacial score (nSPS) is 14.5. The summed E-state index contributed by atoms with van der Waals surface area (Å²) >= 11 is 0. The molecule has 0 saturated heterocycles. The van der Waals surface area contributed by atoms with Crippen LogP contribution in [-0.4, -0.2) is 13.7 Å². The van der Waals surface area contributed by atoms with Gasteiger partial charge in [-0.3, -0.25) is 0 Å². The predicted octanol–water partition coefficient (Wildman–Crippen LogP) is 2.27. The molecule has 1 rings (SSSR count). The van der Waals surface area contributed by atoms with Crippen molar-refractivity contribution < 1.29 is 15.0 Å². The first-order chi connectivity index (χ1) is 5.00. The Bertz CT molecular complexity index is 241. The van der Waals surface area contributed by atoms with E-state index in [9.17, 15) is 0 Å². The summed E-state index contributed by atoms with van der Waals surface area (Å²) in [4.78, 5) is 0.0356. The highest BCUT2D eigenvalue weighted by molar-refractivity contribution is 8.19. The van der Waals surface area contributed by atoms with Crippen LogP contribution in [-0.2, 0) is 0 Å². The third-order valence-electron chi connectivity index (χ3n) is 1.00. The fourth-order valence-electron chi connectivity index (χ4n) is 0.554. The van der Waals surface area contributed by atoms with Crippen molar-refractivity contribution in [1.29, 1.82) is 0 Å². The van der Waals surface area contributed by atoms with Gasteiger partial charge in [0.25, 0.3) is 0 Å². The van der Waals surface area contributed by atoms with Crippen molar-refractivity contribution in [2.45, 2.75) is 4.90 Å². The quantitative estimate of drug-likeness (QED) is 0.593. The van der Waals surface area contributed by atoms with Crippen molar-refractivity contribution >= 4 is 10.9 Å². The van der Waals surface area contributed by atoms with Gasteiger partial charge in [-0.15, -0.1) is 0 Å². The summed E-state index contributed by atoms with van der Waals surface area (Å²) in [6, 6.07) is 5.62. The van der Waals surface area contributed by atoms with Crippen LogP contribution < -0.4 is 0 Å². The van der Waals surface area contributed by atoms with Gasteiger partial charge in [-0.05, 0) is 12.1 Å². The van der Waals surface area contributed by atoms with Gasteiger partial charge in [0.15, 0.2) is 0 Å². The minimum atomic E-state index is -3.60. The Kier molecular flexibility index (Phi) is 1.60. The van der Waals surface area contributed by atoms with Gasteiger partial charge in [-0.1, -0.05) is 18.2 Å². The molecule has 3 nitrogen and oxygen atoms in total. The number of hydrogen-bond acceptors (Lipinski definition) is 3. The van der Waals surface area contributed by atoms with E-state index >= 15 is 0 Å². The van der Waals surface area contributed by atoms with Gasteiger partial charge < -0.3 is 13.7 Å². The Hall–Kier alpha value is -0.550. The average Bonchev–Trinajstić information content (AvgIpc) is 1.86. The van der Waals surface area contributed by atoms with E-state index in [1.54, 1.807) is 0 Å². The molecule has 0 radical (unpaired) electrons. The van der Waals surface area contributed by atoms with Crippen molar-refractivity contribution in [3.05, 3.63) is 30.3 Å². The van der Waals surface area contributed by atoms with Crippen LogP contribution in [0.25, 0.3) is 0 Å². The highest BCUT2D eigenvalue weighted by Gasteiger charge is 2.13. The van der Waals surface area contributed by atoms with Crippen molar-refractivity contribution in [3.63, 3.8) is 0 Å². The zero-order valence-corrected chi connectivity index (χ0v) is 5.88. The minimum Gasteiger partial charge on any atom is -0.304 e. The van der Waals surface area contributed by atoms with Crippen molar-refractivity contribution in [2.75, 3.05) is 0 Å². The third kappa shape index (κ3) is 1.71. The van der Waals surface area contributed by atoms with E-state index in [1.807, 2.05) is 0 Å². The first-order valence-corrected chi connectivity index (χ1v) is 4.08. The summed E-state index contributed by atoms with van der Waals surface area (Å²) in [6.45, 7) is 0. The SMILES string of the molecule is [3H]c1ccc(S(O)(O)O)cc1. The van der Waals surface area contributed by atoms with E-state index in [0.29, 0.717) is 0 Å². The van der Waals surface area contributed by atoms with Crippen LogP contribution >= 0.6 is 10.9 Å². The Morgan fingerprint density at radius 3 is 2.10 bits per heavy atom. The molecular formula is C6H8O3S. The number of benzene rings is 1. The van der Waals surface area contributed by atoms with Gasteiger partial charge in [0.1, 0.15) is 10.9 Å². The molecule has 0 unspecified atom stereocenters. The second-order valence-corrected chi connectivity index (χ2v) is 3.26. The lowest BCUT2D eigenvalue weighted by Crippen LogP contribution is -1.93. The van der Waals surface area contributed by atoms with E-state index in [1.165, 1.54) is 24.3 Å². The standard InChI is InChI=1S/C6H8O3S/c7-10(8,9)6-4-2-1-3-5-6/h1-5,7-9H/i1T. The molecule has 56 valence electrons. The minimum absolute atomic E-state index is 0.0356. The molecule has 0 aliphatic carbocycles. The van der Waals surface area contributed by atoms with E-state index in [2.05, 4.69) is 0 Å². The smallest absolute Gasteiger partial charge is 0.112 e. The first-order valence-electron chi connectivity index (χ1n) is 3.07. The van der Waals surface area contributed by atoms with Crippen LogP contribution in [0.5, 0.6) is 0 Å². The molecule has 0 atom stereocenters. The number of rotatable bonds is 1. The first kappa shape index (κ1) is 6.18. The molecular weight excluding hydrogens is 152 g/mol. The monoisotopic (exact) mass is 162 g/mol. The Balaban J connectivity index is 2.99. The highest BCUT2D eigenvalue weighted by Crippen LogP contribution is 2.42. The molecule has 10 heavy (non-hydrogen) atoms. The molecule has 3 N–H and O–H groups in total. The van der Waals surface area contributed by atoms with Gasteiger partial charge in [0, 0.05) is 0 Å². The third-order valence-corrected chi connectivity index (χ3v) is 1.91. The zero-order valence-electron chi connectivity index (χ0n) is 6.06. The van der Waals surface area contributed by atoms with Crippen LogP contribution in [0.15, 0.2) is 35.2 Å². The summed E-state index contributed by atoms with van der Waals surface area (Å²) in [5.74, 6) is 0. The molecule has 0 aliphatic rings. The molecule has 1 aromatic rings. The summed E-state index contributed by atoms with van der Waals surface area (Å²) in [5, 5.41) is 0.